The van der Waals surface area contributed by atoms with Crippen molar-refractivity contribution in [1.29, 1.82) is 0 Å². The number of nitrogen functional groups attached to an aromatic ring is 1. The molecule has 0 saturated heterocycles. The van der Waals surface area contributed by atoms with Crippen LogP contribution in [-0.2, 0) is 7.05 Å². The first kappa shape index (κ1) is 10.0. The SMILES string of the molecule is Cn1ccnc1Oc1cc(N)ccc1Br. The van der Waals surface area contributed by atoms with E-state index >= 15 is 0 Å². The maximum Gasteiger partial charge on any atom is 0.301 e. The molecule has 0 radical (unpaired) electrons. The van der Waals surface area contributed by atoms with Gasteiger partial charge in [0, 0.05) is 31.2 Å². The first-order valence-corrected chi connectivity index (χ1v) is 5.16. The Balaban J connectivity index is 2.32. The highest BCUT2D eigenvalue weighted by Crippen LogP contribution is 2.30. The van der Waals surface area contributed by atoms with E-state index in [2.05, 4.69) is 20.9 Å². The summed E-state index contributed by atoms with van der Waals surface area (Å²) in [6.07, 6.45) is 3.49. The van der Waals surface area contributed by atoms with Gasteiger partial charge in [-0.2, -0.15) is 0 Å². The first-order chi connectivity index (χ1) is 7.16. The summed E-state index contributed by atoms with van der Waals surface area (Å²) in [5.41, 5.74) is 6.32. The van der Waals surface area contributed by atoms with Gasteiger partial charge in [-0.3, -0.25) is 0 Å². The van der Waals surface area contributed by atoms with Gasteiger partial charge >= 0.3 is 6.01 Å². The van der Waals surface area contributed by atoms with Crippen LogP contribution in [0.3, 0.4) is 0 Å². The highest BCUT2D eigenvalue weighted by atomic mass is 79.9. The van der Waals surface area contributed by atoms with Crippen molar-refractivity contribution in [1.82, 2.24) is 9.55 Å². The Kier molecular flexibility index (Phi) is 2.64. The standard InChI is InChI=1S/C10H10BrN3O/c1-14-5-4-13-10(14)15-9-6-7(12)2-3-8(9)11/h2-6H,12H2,1H3. The summed E-state index contributed by atoms with van der Waals surface area (Å²) in [7, 11) is 1.86. The molecule has 0 unspecified atom stereocenters. The molecular formula is C10H10BrN3O. The quantitative estimate of drug-likeness (QED) is 0.851. The van der Waals surface area contributed by atoms with Crippen LogP contribution < -0.4 is 10.5 Å². The zero-order valence-electron chi connectivity index (χ0n) is 8.14. The largest absolute Gasteiger partial charge is 0.424 e. The van der Waals surface area contributed by atoms with E-state index in [0.29, 0.717) is 17.4 Å². The van der Waals surface area contributed by atoms with Gasteiger partial charge in [0.15, 0.2) is 0 Å². The fraction of sp³-hybridized carbons (Fsp3) is 0.100. The lowest BCUT2D eigenvalue weighted by Crippen LogP contribution is -1.95. The molecule has 5 heteroatoms. The maximum absolute atomic E-state index is 5.67. The number of benzene rings is 1. The lowest BCUT2D eigenvalue weighted by Gasteiger charge is -2.07. The highest BCUT2D eigenvalue weighted by molar-refractivity contribution is 9.10. The molecule has 0 spiro atoms. The molecule has 1 heterocycles. The Hall–Kier alpha value is -1.49. The molecule has 1 aromatic heterocycles. The van der Waals surface area contributed by atoms with E-state index < -0.39 is 0 Å². The minimum Gasteiger partial charge on any atom is -0.424 e. The van der Waals surface area contributed by atoms with Gasteiger partial charge < -0.3 is 15.0 Å². The number of nitrogens with two attached hydrogens (primary N) is 1. The predicted octanol–water partition coefficient (Wildman–Crippen LogP) is 2.56. The molecule has 1 aromatic carbocycles. The van der Waals surface area contributed by atoms with Crippen LogP contribution in [0.1, 0.15) is 0 Å². The molecule has 2 rings (SSSR count). The summed E-state index contributed by atoms with van der Waals surface area (Å²) in [5.74, 6) is 0.657. The summed E-state index contributed by atoms with van der Waals surface area (Å²) in [6, 6.07) is 5.92. The van der Waals surface area contributed by atoms with Crippen molar-refractivity contribution in [2.24, 2.45) is 7.05 Å². The van der Waals surface area contributed by atoms with Gasteiger partial charge in [0.1, 0.15) is 5.75 Å². The summed E-state index contributed by atoms with van der Waals surface area (Å²) >= 11 is 3.38. The molecule has 0 saturated carbocycles. The third-order valence-electron chi connectivity index (χ3n) is 1.93. The normalized spacial score (nSPS) is 10.3. The minimum absolute atomic E-state index is 0.529. The zero-order valence-corrected chi connectivity index (χ0v) is 9.73. The Morgan fingerprint density at radius 1 is 1.47 bits per heavy atom. The Morgan fingerprint density at radius 3 is 2.93 bits per heavy atom. The lowest BCUT2D eigenvalue weighted by molar-refractivity contribution is 0.422. The molecule has 0 bridgehead atoms. The third-order valence-corrected chi connectivity index (χ3v) is 2.59. The molecule has 0 amide bonds. The van der Waals surface area contributed by atoms with Crippen LogP contribution in [0.4, 0.5) is 5.69 Å². The van der Waals surface area contributed by atoms with Crippen LogP contribution in [0.5, 0.6) is 11.8 Å². The van der Waals surface area contributed by atoms with Crippen LogP contribution in [-0.4, -0.2) is 9.55 Å². The van der Waals surface area contributed by atoms with Gasteiger partial charge in [0.05, 0.1) is 4.47 Å². The molecule has 0 fully saturated rings. The van der Waals surface area contributed by atoms with Crippen molar-refractivity contribution < 1.29 is 4.74 Å². The van der Waals surface area contributed by atoms with Crippen molar-refractivity contribution in [3.63, 3.8) is 0 Å². The Morgan fingerprint density at radius 2 is 2.27 bits per heavy atom. The number of halogens is 1. The number of aromatic nitrogens is 2. The second-order valence-corrected chi connectivity index (χ2v) is 3.97. The number of anilines is 1. The van der Waals surface area contributed by atoms with Crippen molar-refractivity contribution in [2.75, 3.05) is 5.73 Å². The molecule has 0 aliphatic carbocycles. The average Bonchev–Trinajstić information content (AvgIpc) is 2.58. The predicted molar refractivity (Wildman–Crippen MR) is 61.8 cm³/mol. The van der Waals surface area contributed by atoms with Gasteiger partial charge in [0.25, 0.3) is 0 Å². The summed E-state index contributed by atoms with van der Waals surface area (Å²) in [4.78, 5) is 4.06. The molecule has 4 nitrogen and oxygen atoms in total. The van der Waals surface area contributed by atoms with E-state index in [1.165, 1.54) is 0 Å². The third kappa shape index (κ3) is 2.12. The van der Waals surface area contributed by atoms with Crippen LogP contribution >= 0.6 is 15.9 Å². The second-order valence-electron chi connectivity index (χ2n) is 3.11. The Bertz CT molecular complexity index is 481. The van der Waals surface area contributed by atoms with E-state index in [1.807, 2.05) is 19.3 Å². The molecule has 0 aliphatic heterocycles. The summed E-state index contributed by atoms with van der Waals surface area (Å²) in [6.45, 7) is 0. The average molecular weight is 268 g/mol. The monoisotopic (exact) mass is 267 g/mol. The fourth-order valence-corrected chi connectivity index (χ4v) is 1.47. The van der Waals surface area contributed by atoms with Crippen LogP contribution in [0.15, 0.2) is 35.1 Å². The zero-order chi connectivity index (χ0) is 10.8. The van der Waals surface area contributed by atoms with Crippen molar-refractivity contribution in [3.05, 3.63) is 35.1 Å². The van der Waals surface area contributed by atoms with E-state index in [0.717, 1.165) is 4.47 Å². The van der Waals surface area contributed by atoms with Gasteiger partial charge in [-0.1, -0.05) is 0 Å². The molecular weight excluding hydrogens is 258 g/mol. The topological polar surface area (TPSA) is 53.1 Å². The number of imidazole rings is 1. The number of nitrogens with zero attached hydrogens (tertiary/aromatic N) is 2. The smallest absolute Gasteiger partial charge is 0.301 e. The van der Waals surface area contributed by atoms with Crippen LogP contribution in [0, 0.1) is 0 Å². The number of rotatable bonds is 2. The van der Waals surface area contributed by atoms with Crippen molar-refractivity contribution >= 4 is 21.6 Å². The van der Waals surface area contributed by atoms with E-state index in [9.17, 15) is 0 Å². The summed E-state index contributed by atoms with van der Waals surface area (Å²) in [5, 5.41) is 0. The molecule has 15 heavy (non-hydrogen) atoms. The minimum atomic E-state index is 0.529. The van der Waals surface area contributed by atoms with Gasteiger partial charge in [0.2, 0.25) is 0 Å². The number of hydrogen-bond acceptors (Lipinski definition) is 3. The Labute approximate surface area is 95.8 Å². The highest BCUT2D eigenvalue weighted by Gasteiger charge is 2.06. The van der Waals surface area contributed by atoms with Crippen LogP contribution in [0.2, 0.25) is 0 Å². The van der Waals surface area contributed by atoms with Gasteiger partial charge in [-0.05, 0) is 28.1 Å². The lowest BCUT2D eigenvalue weighted by atomic mass is 10.3. The number of aryl methyl sites for hydroxylation is 1. The van der Waals surface area contributed by atoms with E-state index in [-0.39, 0.29) is 0 Å². The van der Waals surface area contributed by atoms with Gasteiger partial charge in [-0.25, -0.2) is 4.98 Å². The molecule has 2 N–H and O–H groups in total. The molecule has 78 valence electrons. The molecule has 0 atom stereocenters. The van der Waals surface area contributed by atoms with Crippen molar-refractivity contribution in [2.45, 2.75) is 0 Å². The first-order valence-electron chi connectivity index (χ1n) is 4.37. The van der Waals surface area contributed by atoms with E-state index in [1.54, 1.807) is 22.9 Å². The maximum atomic E-state index is 5.67. The fourth-order valence-electron chi connectivity index (χ4n) is 1.15. The van der Waals surface area contributed by atoms with Crippen LogP contribution in [0.25, 0.3) is 0 Å². The molecule has 0 aliphatic rings. The number of hydrogen-bond donors (Lipinski definition) is 1. The number of ether oxygens (including phenoxy) is 1. The second kappa shape index (κ2) is 3.94. The molecule has 2 aromatic rings. The van der Waals surface area contributed by atoms with E-state index in [4.69, 9.17) is 10.5 Å². The van der Waals surface area contributed by atoms with Gasteiger partial charge in [-0.15, -0.1) is 0 Å². The summed E-state index contributed by atoms with van der Waals surface area (Å²) < 4.78 is 8.22. The van der Waals surface area contributed by atoms with Crippen molar-refractivity contribution in [3.8, 4) is 11.8 Å².